The minimum atomic E-state index is 0.383. The number of piperazine rings is 1. The van der Waals surface area contributed by atoms with Gasteiger partial charge in [0.15, 0.2) is 0 Å². The smallest absolute Gasteiger partial charge is 0.246 e. The van der Waals surface area contributed by atoms with Gasteiger partial charge in [0.05, 0.1) is 0 Å². The van der Waals surface area contributed by atoms with Gasteiger partial charge in [-0.3, -0.25) is 4.90 Å². The molecule has 2 saturated heterocycles. The molecule has 0 radical (unpaired) electrons. The fourth-order valence-electron chi connectivity index (χ4n) is 4.95. The number of aromatic nitrogens is 3. The summed E-state index contributed by atoms with van der Waals surface area (Å²) < 4.78 is 0. The van der Waals surface area contributed by atoms with Crippen molar-refractivity contribution in [2.24, 2.45) is 5.92 Å². The summed E-state index contributed by atoms with van der Waals surface area (Å²) in [6.45, 7) is 8.72. The lowest BCUT2D eigenvalue weighted by molar-refractivity contribution is 0.0631. The van der Waals surface area contributed by atoms with E-state index in [1.165, 1.54) is 12.0 Å². The molecular weight excluding hydrogens is 398 g/mol. The Hall–Kier alpha value is -1.83. The van der Waals surface area contributed by atoms with Crippen molar-refractivity contribution in [3.05, 3.63) is 34.9 Å². The van der Waals surface area contributed by atoms with Crippen LogP contribution in [0.4, 0.5) is 11.9 Å². The maximum atomic E-state index is 6.09. The first-order valence-corrected chi connectivity index (χ1v) is 11.5. The molecule has 4 rings (SSSR count). The Balaban J connectivity index is 1.43. The minimum Gasteiger partial charge on any atom is -0.368 e. The summed E-state index contributed by atoms with van der Waals surface area (Å²) in [5.74, 6) is 1.81. The largest absolute Gasteiger partial charge is 0.368 e. The van der Waals surface area contributed by atoms with Gasteiger partial charge in [-0.2, -0.15) is 4.98 Å². The van der Waals surface area contributed by atoms with Gasteiger partial charge in [0, 0.05) is 49.3 Å². The third-order valence-electron chi connectivity index (χ3n) is 6.39. The number of nitrogens with two attached hydrogens (primary N) is 1. The molecule has 4 N–H and O–H groups in total. The van der Waals surface area contributed by atoms with Crippen molar-refractivity contribution in [1.29, 1.82) is 0 Å². The first-order chi connectivity index (χ1) is 14.5. The van der Waals surface area contributed by atoms with E-state index in [4.69, 9.17) is 17.3 Å². The molecule has 1 aromatic carbocycles. The second-order valence-electron chi connectivity index (χ2n) is 9.15. The number of anilines is 2. The monoisotopic (exact) mass is 431 g/mol. The molecule has 0 unspecified atom stereocenters. The van der Waals surface area contributed by atoms with Crippen LogP contribution < -0.4 is 16.0 Å². The highest BCUT2D eigenvalue weighted by atomic mass is 35.5. The van der Waals surface area contributed by atoms with Crippen molar-refractivity contribution in [2.75, 3.05) is 36.8 Å². The summed E-state index contributed by atoms with van der Waals surface area (Å²) in [4.78, 5) is 9.32. The van der Waals surface area contributed by atoms with Gasteiger partial charge < -0.3 is 16.0 Å². The summed E-state index contributed by atoms with van der Waals surface area (Å²) in [6, 6.07) is 9.99. The number of aromatic amines is 1. The molecule has 2 aliphatic heterocycles. The number of nitrogens with one attached hydrogen (secondary N) is 2. The van der Waals surface area contributed by atoms with Crippen molar-refractivity contribution in [3.63, 3.8) is 0 Å². The predicted octanol–water partition coefficient (Wildman–Crippen LogP) is 2.94. The van der Waals surface area contributed by atoms with Crippen molar-refractivity contribution >= 4 is 23.5 Å². The van der Waals surface area contributed by atoms with Crippen LogP contribution in [0.5, 0.6) is 0 Å². The fraction of sp³-hybridized carbons (Fsp3) is 0.636. The van der Waals surface area contributed by atoms with Crippen LogP contribution in [-0.4, -0.2) is 64.4 Å². The normalized spacial score (nSPS) is 23.9. The number of benzene rings is 1. The van der Waals surface area contributed by atoms with Gasteiger partial charge in [-0.1, -0.05) is 37.6 Å². The number of H-pyrrole nitrogens is 1. The Labute approximate surface area is 184 Å². The van der Waals surface area contributed by atoms with Crippen molar-refractivity contribution in [3.8, 4) is 0 Å². The second-order valence-corrected chi connectivity index (χ2v) is 9.59. The van der Waals surface area contributed by atoms with E-state index < -0.39 is 0 Å². The summed E-state index contributed by atoms with van der Waals surface area (Å²) in [6.07, 6.45) is 4.52. The molecule has 0 aliphatic carbocycles. The van der Waals surface area contributed by atoms with E-state index in [1.807, 2.05) is 12.1 Å². The van der Waals surface area contributed by atoms with E-state index in [0.717, 1.165) is 56.4 Å². The molecule has 0 bridgehead atoms. The number of piperidine rings is 1. The molecule has 2 aliphatic rings. The molecule has 0 spiro atoms. The van der Waals surface area contributed by atoms with Crippen molar-refractivity contribution in [1.82, 2.24) is 25.4 Å². The zero-order chi connectivity index (χ0) is 21.1. The van der Waals surface area contributed by atoms with E-state index in [2.05, 4.69) is 56.3 Å². The SMILES string of the molecule is CC(C)C[C@H]1CN(C2CCN(c3n[nH]c(N)n3)CC2)[C@@H](Cc2ccc(Cl)cc2)CN1. The molecule has 0 saturated carbocycles. The van der Waals surface area contributed by atoms with E-state index in [9.17, 15) is 0 Å². The maximum absolute atomic E-state index is 6.09. The lowest BCUT2D eigenvalue weighted by Crippen LogP contribution is -2.61. The fourth-order valence-corrected chi connectivity index (χ4v) is 5.07. The van der Waals surface area contributed by atoms with Crippen LogP contribution in [0.1, 0.15) is 38.7 Å². The number of hydrogen-bond acceptors (Lipinski definition) is 6. The topological polar surface area (TPSA) is 86.1 Å². The average Bonchev–Trinajstić information content (AvgIpc) is 3.17. The van der Waals surface area contributed by atoms with Crippen LogP contribution in [0.3, 0.4) is 0 Å². The maximum Gasteiger partial charge on any atom is 0.246 e. The van der Waals surface area contributed by atoms with Crippen LogP contribution in [0.2, 0.25) is 5.02 Å². The summed E-state index contributed by atoms with van der Waals surface area (Å²) in [5, 5.41) is 11.6. The molecule has 3 heterocycles. The Morgan fingerprint density at radius 3 is 2.57 bits per heavy atom. The third kappa shape index (κ3) is 5.25. The van der Waals surface area contributed by atoms with Gasteiger partial charge >= 0.3 is 0 Å². The third-order valence-corrected chi connectivity index (χ3v) is 6.64. The number of halogens is 1. The van der Waals surface area contributed by atoms with Crippen LogP contribution in [0.25, 0.3) is 0 Å². The first kappa shape index (κ1) is 21.4. The summed E-state index contributed by atoms with van der Waals surface area (Å²) in [7, 11) is 0. The van der Waals surface area contributed by atoms with Gasteiger partial charge in [-0.05, 0) is 49.3 Å². The number of rotatable bonds is 6. The highest BCUT2D eigenvalue weighted by Gasteiger charge is 2.35. The van der Waals surface area contributed by atoms with Gasteiger partial charge in [0.25, 0.3) is 0 Å². The number of nitrogen functional groups attached to an aromatic ring is 1. The zero-order valence-electron chi connectivity index (χ0n) is 18.0. The van der Waals surface area contributed by atoms with E-state index in [-0.39, 0.29) is 0 Å². The quantitative estimate of drug-likeness (QED) is 0.652. The summed E-state index contributed by atoms with van der Waals surface area (Å²) >= 11 is 6.09. The standard InChI is InChI=1S/C22H34ClN7/c1-15(2)11-18-14-30(20(13-25-18)12-16-3-5-17(23)6-4-16)19-7-9-29(10-8-19)22-26-21(24)27-28-22/h3-6,15,18-20,25H,7-14H2,1-2H3,(H3,24,26,27,28)/t18-,20-/m0/s1. The van der Waals surface area contributed by atoms with E-state index in [0.29, 0.717) is 30.0 Å². The lowest BCUT2D eigenvalue weighted by Gasteiger charge is -2.47. The van der Waals surface area contributed by atoms with Crippen molar-refractivity contribution in [2.45, 2.75) is 57.7 Å². The van der Waals surface area contributed by atoms with E-state index >= 15 is 0 Å². The molecule has 1 aromatic heterocycles. The Kier molecular flexibility index (Phi) is 6.80. The Morgan fingerprint density at radius 2 is 1.93 bits per heavy atom. The molecule has 8 heteroatoms. The minimum absolute atomic E-state index is 0.383. The Bertz CT molecular complexity index is 798. The number of hydrogen-bond donors (Lipinski definition) is 3. The molecule has 2 aromatic rings. The molecule has 164 valence electrons. The first-order valence-electron chi connectivity index (χ1n) is 11.1. The highest BCUT2D eigenvalue weighted by molar-refractivity contribution is 6.30. The summed E-state index contributed by atoms with van der Waals surface area (Å²) in [5.41, 5.74) is 7.06. The molecule has 30 heavy (non-hydrogen) atoms. The average molecular weight is 432 g/mol. The Morgan fingerprint density at radius 1 is 1.20 bits per heavy atom. The predicted molar refractivity (Wildman–Crippen MR) is 123 cm³/mol. The van der Waals surface area contributed by atoms with E-state index in [1.54, 1.807) is 0 Å². The molecule has 2 fully saturated rings. The molecule has 2 atom stereocenters. The van der Waals surface area contributed by atoms with Crippen LogP contribution in [-0.2, 0) is 6.42 Å². The zero-order valence-corrected chi connectivity index (χ0v) is 18.8. The van der Waals surface area contributed by atoms with Gasteiger partial charge in [0.2, 0.25) is 11.9 Å². The molecule has 7 nitrogen and oxygen atoms in total. The second kappa shape index (κ2) is 9.54. The van der Waals surface area contributed by atoms with Crippen LogP contribution >= 0.6 is 11.6 Å². The highest BCUT2D eigenvalue weighted by Crippen LogP contribution is 2.26. The van der Waals surface area contributed by atoms with Gasteiger partial charge in [0.1, 0.15) is 0 Å². The molecular formula is C22H34ClN7. The van der Waals surface area contributed by atoms with Gasteiger partial charge in [-0.15, -0.1) is 5.10 Å². The number of nitrogens with zero attached hydrogens (tertiary/aromatic N) is 4. The van der Waals surface area contributed by atoms with Gasteiger partial charge in [-0.25, -0.2) is 5.10 Å². The van der Waals surface area contributed by atoms with Crippen LogP contribution in [0.15, 0.2) is 24.3 Å². The van der Waals surface area contributed by atoms with Crippen molar-refractivity contribution < 1.29 is 0 Å². The molecule has 0 amide bonds. The lowest BCUT2D eigenvalue weighted by atomic mass is 9.92. The van der Waals surface area contributed by atoms with Crippen LogP contribution in [0, 0.1) is 5.92 Å².